The lowest BCUT2D eigenvalue weighted by Crippen LogP contribution is -2.23. The number of hydrogen-bond donors (Lipinski definition) is 1. The van der Waals surface area contributed by atoms with Crippen LogP contribution in [0.4, 0.5) is 0 Å². The molecule has 0 fully saturated rings. The first-order valence-electron chi connectivity index (χ1n) is 5.50. The molecule has 0 unspecified atom stereocenters. The van der Waals surface area contributed by atoms with Gasteiger partial charge in [0.2, 0.25) is 5.91 Å². The van der Waals surface area contributed by atoms with Crippen LogP contribution in [0.3, 0.4) is 0 Å². The third kappa shape index (κ3) is 2.92. The van der Waals surface area contributed by atoms with Gasteiger partial charge in [0.15, 0.2) is 5.82 Å². The van der Waals surface area contributed by atoms with E-state index in [-0.39, 0.29) is 5.91 Å². The highest BCUT2D eigenvalue weighted by atomic mass is 79.9. The minimum Gasteiger partial charge on any atom is -0.349 e. The van der Waals surface area contributed by atoms with Gasteiger partial charge in [-0.3, -0.25) is 4.79 Å². The van der Waals surface area contributed by atoms with Gasteiger partial charge in [0.05, 0.1) is 12.2 Å². The molecule has 7 heteroatoms. The highest BCUT2D eigenvalue weighted by molar-refractivity contribution is 9.10. The van der Waals surface area contributed by atoms with Crippen molar-refractivity contribution < 1.29 is 4.79 Å². The fourth-order valence-corrected chi connectivity index (χ4v) is 1.81. The zero-order valence-corrected chi connectivity index (χ0v) is 11.4. The van der Waals surface area contributed by atoms with Gasteiger partial charge in [0.1, 0.15) is 0 Å². The third-order valence-corrected chi connectivity index (χ3v) is 2.84. The summed E-state index contributed by atoms with van der Waals surface area (Å²) in [5.74, 6) is 0.564. The second kappa shape index (κ2) is 5.72. The van der Waals surface area contributed by atoms with E-state index in [2.05, 4.69) is 36.8 Å². The number of carbonyl (C=O) groups is 1. The number of nitrogens with zero attached hydrogens (tertiary/aromatic N) is 4. The maximum Gasteiger partial charge on any atom is 0.220 e. The number of hydrogen-bond acceptors (Lipinski definition) is 4. The summed E-state index contributed by atoms with van der Waals surface area (Å²) in [6, 6.07) is 7.62. The smallest absolute Gasteiger partial charge is 0.220 e. The average Bonchev–Trinajstić information content (AvgIpc) is 2.84. The molecule has 0 aliphatic heterocycles. The summed E-state index contributed by atoms with van der Waals surface area (Å²) < 4.78 is 2.54. The molecule has 94 valence electrons. The lowest BCUT2D eigenvalue weighted by molar-refractivity contribution is -0.120. The van der Waals surface area contributed by atoms with Crippen molar-refractivity contribution in [2.75, 3.05) is 0 Å². The van der Waals surface area contributed by atoms with Gasteiger partial charge in [-0.05, 0) is 28.6 Å². The summed E-state index contributed by atoms with van der Waals surface area (Å²) in [6.45, 7) is 2.11. The number of benzene rings is 1. The first-order chi connectivity index (χ1) is 8.70. The average molecular weight is 310 g/mol. The van der Waals surface area contributed by atoms with Crippen molar-refractivity contribution in [3.05, 3.63) is 34.6 Å². The fraction of sp³-hybridized carbons (Fsp3) is 0.273. The molecule has 0 saturated carbocycles. The normalized spacial score (nSPS) is 10.3. The van der Waals surface area contributed by atoms with Crippen molar-refractivity contribution in [1.29, 1.82) is 0 Å². The second-order valence-corrected chi connectivity index (χ2v) is 4.53. The number of amides is 1. The summed E-state index contributed by atoms with van der Waals surface area (Å²) in [5.41, 5.74) is 0.843. The SMILES string of the molecule is CCC(=O)NCc1nnnn1-c1cccc(Br)c1. The predicted octanol–water partition coefficient (Wildman–Crippen LogP) is 1.45. The number of nitrogens with one attached hydrogen (secondary N) is 1. The lowest BCUT2D eigenvalue weighted by Gasteiger charge is -2.05. The molecule has 2 aromatic rings. The highest BCUT2D eigenvalue weighted by Crippen LogP contribution is 2.15. The largest absolute Gasteiger partial charge is 0.349 e. The third-order valence-electron chi connectivity index (χ3n) is 2.35. The Labute approximate surface area is 113 Å². The van der Waals surface area contributed by atoms with Gasteiger partial charge in [0, 0.05) is 10.9 Å². The Morgan fingerprint density at radius 3 is 3.06 bits per heavy atom. The van der Waals surface area contributed by atoms with Crippen molar-refractivity contribution in [3.8, 4) is 5.69 Å². The maximum atomic E-state index is 11.2. The minimum absolute atomic E-state index is 0.0289. The molecule has 0 atom stereocenters. The molecule has 0 aliphatic rings. The predicted molar refractivity (Wildman–Crippen MR) is 69.0 cm³/mol. The quantitative estimate of drug-likeness (QED) is 0.928. The number of aromatic nitrogens is 4. The Morgan fingerprint density at radius 1 is 1.50 bits per heavy atom. The van der Waals surface area contributed by atoms with Gasteiger partial charge >= 0.3 is 0 Å². The van der Waals surface area contributed by atoms with Crippen molar-refractivity contribution in [2.45, 2.75) is 19.9 Å². The van der Waals surface area contributed by atoms with Crippen LogP contribution in [0, 0.1) is 0 Å². The van der Waals surface area contributed by atoms with Crippen molar-refractivity contribution in [1.82, 2.24) is 25.5 Å². The van der Waals surface area contributed by atoms with Gasteiger partial charge in [-0.2, -0.15) is 4.68 Å². The van der Waals surface area contributed by atoms with Crippen LogP contribution < -0.4 is 5.32 Å². The summed E-state index contributed by atoms with van der Waals surface area (Å²) in [6.07, 6.45) is 0.443. The Balaban J connectivity index is 2.20. The number of tetrazole rings is 1. The van der Waals surface area contributed by atoms with Crippen LogP contribution in [0.1, 0.15) is 19.2 Å². The van der Waals surface area contributed by atoms with Gasteiger partial charge in [-0.1, -0.05) is 28.9 Å². The summed E-state index contributed by atoms with van der Waals surface area (Å²) in [4.78, 5) is 11.2. The Hall–Kier alpha value is -1.76. The van der Waals surface area contributed by atoms with Gasteiger partial charge in [-0.15, -0.1) is 5.10 Å². The Bertz CT molecular complexity index is 554. The van der Waals surface area contributed by atoms with E-state index in [1.54, 1.807) is 11.6 Å². The van der Waals surface area contributed by atoms with E-state index in [1.807, 2.05) is 24.3 Å². The van der Waals surface area contributed by atoms with E-state index in [4.69, 9.17) is 0 Å². The maximum absolute atomic E-state index is 11.2. The first-order valence-corrected chi connectivity index (χ1v) is 6.30. The number of carbonyl (C=O) groups excluding carboxylic acids is 1. The van der Waals surface area contributed by atoms with Gasteiger partial charge < -0.3 is 5.32 Å². The molecule has 18 heavy (non-hydrogen) atoms. The van der Waals surface area contributed by atoms with Crippen LogP contribution in [0.2, 0.25) is 0 Å². The molecule has 0 bridgehead atoms. The van der Waals surface area contributed by atoms with Crippen molar-refractivity contribution in [2.24, 2.45) is 0 Å². The van der Waals surface area contributed by atoms with E-state index in [0.717, 1.165) is 10.2 Å². The first kappa shape index (κ1) is 12.7. The molecular weight excluding hydrogens is 298 g/mol. The molecule has 1 amide bonds. The van der Waals surface area contributed by atoms with Crippen molar-refractivity contribution >= 4 is 21.8 Å². The summed E-state index contributed by atoms with van der Waals surface area (Å²) >= 11 is 3.39. The topological polar surface area (TPSA) is 72.7 Å². The van der Waals surface area contributed by atoms with E-state index in [1.165, 1.54) is 0 Å². The molecule has 1 aromatic carbocycles. The molecule has 1 heterocycles. The second-order valence-electron chi connectivity index (χ2n) is 3.62. The van der Waals surface area contributed by atoms with Gasteiger partial charge in [0.25, 0.3) is 0 Å². The number of halogens is 1. The highest BCUT2D eigenvalue weighted by Gasteiger charge is 2.09. The van der Waals surface area contributed by atoms with Crippen LogP contribution in [-0.4, -0.2) is 26.1 Å². The molecule has 1 N–H and O–H groups in total. The lowest BCUT2D eigenvalue weighted by atomic mass is 10.3. The van der Waals surface area contributed by atoms with E-state index in [0.29, 0.717) is 18.8 Å². The van der Waals surface area contributed by atoms with Gasteiger partial charge in [-0.25, -0.2) is 0 Å². The van der Waals surface area contributed by atoms with E-state index in [9.17, 15) is 4.79 Å². The molecule has 0 radical (unpaired) electrons. The zero-order chi connectivity index (χ0) is 13.0. The molecule has 6 nitrogen and oxygen atoms in total. The molecule has 0 spiro atoms. The fourth-order valence-electron chi connectivity index (χ4n) is 1.43. The molecule has 2 rings (SSSR count). The van der Waals surface area contributed by atoms with Crippen LogP contribution >= 0.6 is 15.9 Å². The van der Waals surface area contributed by atoms with Crippen LogP contribution in [0.5, 0.6) is 0 Å². The Morgan fingerprint density at radius 2 is 2.33 bits per heavy atom. The standard InChI is InChI=1S/C11H12BrN5O/c1-2-11(18)13-7-10-14-15-16-17(10)9-5-3-4-8(12)6-9/h3-6H,2,7H2,1H3,(H,13,18). The molecule has 0 saturated heterocycles. The minimum atomic E-state index is -0.0289. The molecule has 1 aromatic heterocycles. The molecular formula is C11H12BrN5O. The van der Waals surface area contributed by atoms with Crippen LogP contribution in [0.15, 0.2) is 28.7 Å². The van der Waals surface area contributed by atoms with Crippen LogP contribution in [-0.2, 0) is 11.3 Å². The van der Waals surface area contributed by atoms with E-state index < -0.39 is 0 Å². The van der Waals surface area contributed by atoms with Crippen LogP contribution in [0.25, 0.3) is 5.69 Å². The summed E-state index contributed by atoms with van der Waals surface area (Å²) in [7, 11) is 0. The number of rotatable bonds is 4. The zero-order valence-electron chi connectivity index (χ0n) is 9.80. The Kier molecular flexibility index (Phi) is 4.03. The van der Waals surface area contributed by atoms with E-state index >= 15 is 0 Å². The van der Waals surface area contributed by atoms with Crippen molar-refractivity contribution in [3.63, 3.8) is 0 Å². The molecule has 0 aliphatic carbocycles. The monoisotopic (exact) mass is 309 g/mol. The summed E-state index contributed by atoms with van der Waals surface area (Å²) in [5, 5.41) is 14.2.